The number of benzene rings is 1. The second kappa shape index (κ2) is 17.6. The topological polar surface area (TPSA) is 102 Å². The molecule has 1 aromatic rings. The molecule has 1 amide bonds. The minimum Gasteiger partial charge on any atom is -0.382 e. The Hall–Kier alpha value is -3.59. The Balaban J connectivity index is 0.00000259. The van der Waals surface area contributed by atoms with Crippen LogP contribution in [0.1, 0.15) is 78.7 Å². The number of hydrogen-bond donors (Lipinski definition) is 3. The highest BCUT2D eigenvalue weighted by molar-refractivity contribution is 5.99. The fraction of sp³-hybridized carbons (Fsp3) is 0.571. The fourth-order valence-electron chi connectivity index (χ4n) is 5.70. The number of nitrogens with one attached hydrogen (secondary N) is 2. The Bertz CT molecular complexity index is 1210. The first-order valence-corrected chi connectivity index (χ1v) is 16.6. The van der Waals surface area contributed by atoms with Crippen molar-refractivity contribution in [1.29, 1.82) is 0 Å². The molecular weight excluding hydrogens is 548 g/mol. The summed E-state index contributed by atoms with van der Waals surface area (Å²) < 4.78 is 0. The number of allylic oxidation sites excluding steroid dienone is 3. The van der Waals surface area contributed by atoms with Crippen LogP contribution in [-0.4, -0.2) is 77.8 Å². The van der Waals surface area contributed by atoms with Crippen LogP contribution in [-0.2, 0) is 11.3 Å². The molecule has 3 heterocycles. The van der Waals surface area contributed by atoms with E-state index in [0.29, 0.717) is 24.5 Å². The highest BCUT2D eigenvalue weighted by atomic mass is 16.2. The molecule has 242 valence electrons. The molecule has 3 aliphatic rings. The van der Waals surface area contributed by atoms with E-state index in [4.69, 9.17) is 15.7 Å². The number of amides is 1. The van der Waals surface area contributed by atoms with Crippen molar-refractivity contribution in [2.45, 2.75) is 91.8 Å². The number of nitrogens with two attached hydrogens (primary N) is 1. The zero-order chi connectivity index (χ0) is 32.1. The molecule has 0 saturated carbocycles. The lowest BCUT2D eigenvalue weighted by Crippen LogP contribution is -2.53. The maximum atomic E-state index is 12.5. The normalized spacial score (nSPS) is 21.8. The second-order valence-corrected chi connectivity index (χ2v) is 11.8. The highest BCUT2D eigenvalue weighted by Crippen LogP contribution is 2.23. The first kappa shape index (κ1) is 34.9. The first-order valence-electron chi connectivity index (χ1n) is 16.6. The number of hydrogen-bond acceptors (Lipinski definition) is 6. The number of guanidine groups is 2. The van der Waals surface area contributed by atoms with Gasteiger partial charge in [0.15, 0.2) is 0 Å². The van der Waals surface area contributed by atoms with E-state index in [0.717, 1.165) is 93.3 Å². The van der Waals surface area contributed by atoms with Gasteiger partial charge in [0.25, 0.3) is 0 Å². The monoisotopic (exact) mass is 604 g/mol. The van der Waals surface area contributed by atoms with Crippen molar-refractivity contribution in [3.63, 3.8) is 0 Å². The van der Waals surface area contributed by atoms with E-state index in [9.17, 15) is 4.79 Å². The van der Waals surface area contributed by atoms with Crippen LogP contribution in [0.15, 0.2) is 70.5 Å². The maximum Gasteiger partial charge on any atom is 0.246 e. The lowest BCUT2D eigenvalue weighted by Gasteiger charge is -2.38. The third-order valence-corrected chi connectivity index (χ3v) is 8.26. The van der Waals surface area contributed by atoms with E-state index in [1.165, 1.54) is 0 Å². The van der Waals surface area contributed by atoms with Crippen LogP contribution in [0.2, 0.25) is 0 Å². The number of anilines is 1. The molecule has 2 fully saturated rings. The molecule has 44 heavy (non-hydrogen) atoms. The third kappa shape index (κ3) is 9.71. The molecule has 4 rings (SSSR count). The standard InChI is InChI=1S/C33H50N8O.C2H6/c1-6-8-14-30(42)40-18-10-13-27(17-21-40)36-28-12-9-11-25(22-28)23-35-32-38-33(41-19-15-26(34)16-20-41)37-31(39(32)5)29(7-2)24(3)4;1-2/h7-9,11-12,14,22,24,26-27,36H,2,6,10,13,15-21,23,34H2,1,3-5H3,(H,35,37,38);1-2H3/b14-8+,31-29+;. The van der Waals surface area contributed by atoms with Crippen LogP contribution in [0.3, 0.4) is 0 Å². The molecule has 0 radical (unpaired) electrons. The number of nitrogens with zero attached hydrogens (tertiary/aromatic N) is 5. The van der Waals surface area contributed by atoms with E-state index in [1.807, 2.05) is 49.8 Å². The van der Waals surface area contributed by atoms with Crippen LogP contribution in [0, 0.1) is 5.92 Å². The summed E-state index contributed by atoms with van der Waals surface area (Å²) in [6.07, 6.45) is 11.3. The van der Waals surface area contributed by atoms with E-state index < -0.39 is 0 Å². The smallest absolute Gasteiger partial charge is 0.246 e. The average molecular weight is 605 g/mol. The zero-order valence-corrected chi connectivity index (χ0v) is 28.0. The summed E-state index contributed by atoms with van der Waals surface area (Å²) in [6, 6.07) is 9.07. The van der Waals surface area contributed by atoms with Gasteiger partial charge < -0.3 is 26.2 Å². The summed E-state index contributed by atoms with van der Waals surface area (Å²) in [6.45, 7) is 18.3. The molecule has 0 aromatic heterocycles. The molecule has 1 unspecified atom stereocenters. The van der Waals surface area contributed by atoms with Gasteiger partial charge in [0.05, 0.1) is 6.54 Å². The van der Waals surface area contributed by atoms with Crippen molar-refractivity contribution in [2.75, 3.05) is 38.5 Å². The van der Waals surface area contributed by atoms with Gasteiger partial charge in [-0.25, -0.2) is 4.99 Å². The van der Waals surface area contributed by atoms with Gasteiger partial charge in [-0.1, -0.05) is 65.5 Å². The maximum absolute atomic E-state index is 12.5. The van der Waals surface area contributed by atoms with Crippen LogP contribution in [0.5, 0.6) is 0 Å². The third-order valence-electron chi connectivity index (χ3n) is 8.26. The van der Waals surface area contributed by atoms with Crippen LogP contribution < -0.4 is 16.4 Å². The highest BCUT2D eigenvalue weighted by Gasteiger charge is 2.28. The van der Waals surface area contributed by atoms with Gasteiger partial charge in [0.1, 0.15) is 5.82 Å². The summed E-state index contributed by atoms with van der Waals surface area (Å²) in [5.74, 6) is 2.91. The minimum atomic E-state index is 0.128. The number of likely N-dealkylation sites (tertiary alicyclic amines) is 2. The Morgan fingerprint density at radius 2 is 1.93 bits per heavy atom. The van der Waals surface area contributed by atoms with Crippen molar-refractivity contribution < 1.29 is 4.79 Å². The lowest BCUT2D eigenvalue weighted by molar-refractivity contribution is -0.126. The predicted octanol–water partition coefficient (Wildman–Crippen LogP) is 5.70. The van der Waals surface area contributed by atoms with Crippen molar-refractivity contribution >= 4 is 23.5 Å². The van der Waals surface area contributed by atoms with Gasteiger partial charge in [-0.05, 0) is 73.8 Å². The molecule has 0 spiro atoms. The largest absolute Gasteiger partial charge is 0.382 e. The molecule has 4 N–H and O–H groups in total. The minimum absolute atomic E-state index is 0.128. The number of rotatable bonds is 8. The Labute approximate surface area is 266 Å². The lowest BCUT2D eigenvalue weighted by atomic mass is 10.0. The Kier molecular flexibility index (Phi) is 14.0. The molecule has 0 bridgehead atoms. The van der Waals surface area contributed by atoms with Gasteiger partial charge in [0.2, 0.25) is 17.8 Å². The molecule has 3 aliphatic heterocycles. The van der Waals surface area contributed by atoms with Crippen molar-refractivity contribution in [1.82, 2.24) is 20.0 Å². The van der Waals surface area contributed by atoms with Crippen LogP contribution in [0.4, 0.5) is 5.69 Å². The molecule has 1 atom stereocenters. The molecule has 9 heteroatoms. The summed E-state index contributed by atoms with van der Waals surface area (Å²) in [5.41, 5.74) is 9.51. The van der Waals surface area contributed by atoms with Gasteiger partial charge in [-0.15, -0.1) is 0 Å². The average Bonchev–Trinajstić information content (AvgIpc) is 3.27. The molecular formula is C35H56N8O. The first-order chi connectivity index (χ1) is 21.3. The zero-order valence-electron chi connectivity index (χ0n) is 28.0. The summed E-state index contributed by atoms with van der Waals surface area (Å²) in [4.78, 5) is 28.7. The fourth-order valence-corrected chi connectivity index (χ4v) is 5.70. The van der Waals surface area contributed by atoms with E-state index in [2.05, 4.69) is 60.2 Å². The molecule has 1 aromatic carbocycles. The van der Waals surface area contributed by atoms with Crippen molar-refractivity contribution in [3.8, 4) is 0 Å². The molecule has 0 aliphatic carbocycles. The van der Waals surface area contributed by atoms with Crippen molar-refractivity contribution in [3.05, 3.63) is 66.0 Å². The van der Waals surface area contributed by atoms with E-state index >= 15 is 0 Å². The van der Waals surface area contributed by atoms with Gasteiger partial charge in [-0.3, -0.25) is 9.69 Å². The quantitative estimate of drug-likeness (QED) is 0.330. The Morgan fingerprint density at radius 1 is 1.18 bits per heavy atom. The van der Waals surface area contributed by atoms with Gasteiger partial charge in [0, 0.05) is 51.0 Å². The van der Waals surface area contributed by atoms with Crippen LogP contribution in [0.25, 0.3) is 0 Å². The summed E-state index contributed by atoms with van der Waals surface area (Å²) >= 11 is 0. The van der Waals surface area contributed by atoms with Gasteiger partial charge >= 0.3 is 0 Å². The molecule has 2 saturated heterocycles. The number of carbonyl (C=O) groups excluding carboxylic acids is 1. The molecule has 9 nitrogen and oxygen atoms in total. The Morgan fingerprint density at radius 3 is 2.61 bits per heavy atom. The SMILES string of the molecule is C=C/C(=C1/NC(N2CCC(N)CC2)=NC(=NCc2cccc(NC3CCCN(C(=O)/C=C/CC)CC3)c2)N1C)C(C)C.CC. The van der Waals surface area contributed by atoms with E-state index in [-0.39, 0.29) is 11.9 Å². The van der Waals surface area contributed by atoms with Crippen molar-refractivity contribution in [2.24, 2.45) is 21.6 Å². The van der Waals surface area contributed by atoms with Crippen LogP contribution >= 0.6 is 0 Å². The number of piperidine rings is 1. The van der Waals surface area contributed by atoms with E-state index in [1.54, 1.807) is 6.08 Å². The summed E-state index contributed by atoms with van der Waals surface area (Å²) in [5, 5.41) is 7.30. The second-order valence-electron chi connectivity index (χ2n) is 11.8. The predicted molar refractivity (Wildman–Crippen MR) is 185 cm³/mol. The number of aliphatic imine (C=N–C) groups is 2. The summed E-state index contributed by atoms with van der Waals surface area (Å²) in [7, 11) is 2.01. The number of carbonyl (C=O) groups is 1. The van der Waals surface area contributed by atoms with Gasteiger partial charge in [-0.2, -0.15) is 4.99 Å².